The molecular weight excluding hydrogens is 308 g/mol. The Balaban J connectivity index is 0.00000156. The van der Waals surface area contributed by atoms with E-state index >= 15 is 0 Å². The maximum atomic E-state index is 12.7. The maximum absolute atomic E-state index is 12.7. The van der Waals surface area contributed by atoms with Crippen molar-refractivity contribution in [3.05, 3.63) is 70.8 Å². The van der Waals surface area contributed by atoms with Gasteiger partial charge >= 0.3 is 0 Å². The van der Waals surface area contributed by atoms with Crippen molar-refractivity contribution in [2.45, 2.75) is 31.3 Å². The van der Waals surface area contributed by atoms with Crippen LogP contribution in [-0.2, 0) is 24.2 Å². The number of amides is 1. The molecule has 3 nitrogen and oxygen atoms in total. The minimum atomic E-state index is -0.0753. The van der Waals surface area contributed by atoms with Crippen LogP contribution in [0.25, 0.3) is 0 Å². The topological polar surface area (TPSA) is 41.1 Å². The zero-order valence-electron chi connectivity index (χ0n) is 12.9. The van der Waals surface area contributed by atoms with Crippen molar-refractivity contribution in [1.82, 2.24) is 10.6 Å². The van der Waals surface area contributed by atoms with Crippen molar-refractivity contribution in [3.8, 4) is 0 Å². The van der Waals surface area contributed by atoms with Crippen LogP contribution in [0.4, 0.5) is 0 Å². The second kappa shape index (κ2) is 6.73. The van der Waals surface area contributed by atoms with Crippen molar-refractivity contribution in [1.29, 1.82) is 0 Å². The van der Waals surface area contributed by atoms with E-state index in [2.05, 4.69) is 47.0 Å². The van der Waals surface area contributed by atoms with Crippen LogP contribution in [0.1, 0.15) is 28.2 Å². The van der Waals surface area contributed by atoms with E-state index in [0.29, 0.717) is 0 Å². The number of fused-ring (bicyclic) bond motifs is 2. The molecule has 1 unspecified atom stereocenters. The smallest absolute Gasteiger partial charge is 0.229 e. The number of hydrogen-bond acceptors (Lipinski definition) is 2. The Morgan fingerprint density at radius 1 is 0.957 bits per heavy atom. The van der Waals surface area contributed by atoms with Crippen molar-refractivity contribution < 1.29 is 4.79 Å². The van der Waals surface area contributed by atoms with Gasteiger partial charge in [-0.1, -0.05) is 48.5 Å². The lowest BCUT2D eigenvalue weighted by Gasteiger charge is -2.26. The van der Waals surface area contributed by atoms with E-state index in [1.807, 2.05) is 12.1 Å². The first-order valence-electron chi connectivity index (χ1n) is 7.97. The van der Waals surface area contributed by atoms with E-state index in [1.165, 1.54) is 22.3 Å². The first-order chi connectivity index (χ1) is 10.8. The summed E-state index contributed by atoms with van der Waals surface area (Å²) in [5.41, 5.74) is 5.16. The summed E-state index contributed by atoms with van der Waals surface area (Å²) in [5.74, 6) is 0.0751. The first-order valence-corrected chi connectivity index (χ1v) is 7.97. The highest BCUT2D eigenvalue weighted by Crippen LogP contribution is 2.26. The van der Waals surface area contributed by atoms with Gasteiger partial charge in [-0.3, -0.25) is 4.79 Å². The molecule has 0 radical (unpaired) electrons. The fourth-order valence-corrected chi connectivity index (χ4v) is 3.69. The molecule has 23 heavy (non-hydrogen) atoms. The van der Waals surface area contributed by atoms with Gasteiger partial charge in [-0.05, 0) is 35.1 Å². The number of hydrogen-bond donors (Lipinski definition) is 2. The van der Waals surface area contributed by atoms with Crippen molar-refractivity contribution in [2.75, 3.05) is 6.54 Å². The summed E-state index contributed by atoms with van der Waals surface area (Å²) in [4.78, 5) is 12.7. The summed E-state index contributed by atoms with van der Waals surface area (Å²) < 4.78 is 0. The summed E-state index contributed by atoms with van der Waals surface area (Å²) in [5, 5.41) is 6.61. The maximum Gasteiger partial charge on any atom is 0.229 e. The summed E-state index contributed by atoms with van der Waals surface area (Å²) in [7, 11) is 0. The average Bonchev–Trinajstić information content (AvgIpc) is 2.96. The summed E-state index contributed by atoms with van der Waals surface area (Å²) in [6, 6.07) is 17.0. The monoisotopic (exact) mass is 328 g/mol. The molecule has 4 rings (SSSR count). The molecule has 120 valence electrons. The Morgan fingerprint density at radius 3 is 2.26 bits per heavy atom. The lowest BCUT2D eigenvalue weighted by Crippen LogP contribution is -2.43. The largest absolute Gasteiger partial charge is 0.352 e. The van der Waals surface area contributed by atoms with Gasteiger partial charge in [0, 0.05) is 19.1 Å². The predicted molar refractivity (Wildman–Crippen MR) is 93.9 cm³/mol. The second-order valence-electron chi connectivity index (χ2n) is 6.26. The number of nitrogens with one attached hydrogen (secondary N) is 2. The molecule has 0 spiro atoms. The molecule has 4 heteroatoms. The standard InChI is InChI=1S/C19H20N2O.ClH/c22-19(18-12-20-11-15-7-3-4-8-17(15)18)21-16-9-13-5-1-2-6-14(13)10-16;/h1-8,16,18,20H,9-12H2,(H,21,22);1H. The van der Waals surface area contributed by atoms with Gasteiger partial charge in [0.1, 0.15) is 0 Å². The van der Waals surface area contributed by atoms with Gasteiger partial charge in [0.15, 0.2) is 0 Å². The molecule has 0 saturated heterocycles. The van der Waals surface area contributed by atoms with Gasteiger partial charge in [0.2, 0.25) is 5.91 Å². The van der Waals surface area contributed by atoms with Gasteiger partial charge in [0.05, 0.1) is 5.92 Å². The van der Waals surface area contributed by atoms with Crippen LogP contribution in [0.2, 0.25) is 0 Å². The fraction of sp³-hybridized carbons (Fsp3) is 0.316. The molecule has 2 aliphatic rings. The molecule has 2 aromatic rings. The minimum absolute atomic E-state index is 0. The third-order valence-electron chi connectivity index (χ3n) is 4.81. The molecule has 0 aromatic heterocycles. The molecule has 0 bridgehead atoms. The van der Waals surface area contributed by atoms with Crippen LogP contribution in [-0.4, -0.2) is 18.5 Å². The lowest BCUT2D eigenvalue weighted by atomic mass is 9.90. The summed E-state index contributed by atoms with van der Waals surface area (Å²) in [6.45, 7) is 1.58. The van der Waals surface area contributed by atoms with E-state index in [-0.39, 0.29) is 30.3 Å². The van der Waals surface area contributed by atoms with E-state index in [4.69, 9.17) is 0 Å². The van der Waals surface area contributed by atoms with Crippen molar-refractivity contribution in [3.63, 3.8) is 0 Å². The normalized spacial score (nSPS) is 19.4. The van der Waals surface area contributed by atoms with Crippen LogP contribution in [0.3, 0.4) is 0 Å². The van der Waals surface area contributed by atoms with E-state index < -0.39 is 0 Å². The van der Waals surface area contributed by atoms with Crippen molar-refractivity contribution in [2.24, 2.45) is 0 Å². The third-order valence-corrected chi connectivity index (χ3v) is 4.81. The highest BCUT2D eigenvalue weighted by Gasteiger charge is 2.29. The van der Waals surface area contributed by atoms with Crippen molar-refractivity contribution >= 4 is 18.3 Å². The quantitative estimate of drug-likeness (QED) is 0.889. The molecule has 0 fully saturated rings. The molecule has 1 amide bonds. The van der Waals surface area contributed by atoms with Crippen LogP contribution in [0, 0.1) is 0 Å². The van der Waals surface area contributed by atoms with Crippen LogP contribution >= 0.6 is 12.4 Å². The summed E-state index contributed by atoms with van der Waals surface area (Å²) >= 11 is 0. The summed E-state index contributed by atoms with van der Waals surface area (Å²) in [6.07, 6.45) is 1.90. The lowest BCUT2D eigenvalue weighted by molar-refractivity contribution is -0.123. The van der Waals surface area contributed by atoms with Gasteiger partial charge in [-0.25, -0.2) is 0 Å². The van der Waals surface area contributed by atoms with Gasteiger partial charge < -0.3 is 10.6 Å². The zero-order chi connectivity index (χ0) is 14.9. The highest BCUT2D eigenvalue weighted by molar-refractivity contribution is 5.85. The third kappa shape index (κ3) is 3.12. The Bertz CT molecular complexity index is 691. The number of benzene rings is 2. The average molecular weight is 329 g/mol. The number of carbonyl (C=O) groups excluding carboxylic acids is 1. The fourth-order valence-electron chi connectivity index (χ4n) is 3.69. The number of rotatable bonds is 2. The minimum Gasteiger partial charge on any atom is -0.352 e. The van der Waals surface area contributed by atoms with Crippen LogP contribution < -0.4 is 10.6 Å². The van der Waals surface area contributed by atoms with E-state index in [0.717, 1.165) is 25.9 Å². The second-order valence-corrected chi connectivity index (χ2v) is 6.26. The Morgan fingerprint density at radius 2 is 1.57 bits per heavy atom. The van der Waals surface area contributed by atoms with Gasteiger partial charge in [-0.15, -0.1) is 12.4 Å². The molecule has 0 saturated carbocycles. The number of halogens is 1. The Kier molecular flexibility index (Phi) is 4.69. The molecule has 1 heterocycles. The first kappa shape index (κ1) is 16.0. The van der Waals surface area contributed by atoms with Gasteiger partial charge in [0.25, 0.3) is 0 Å². The molecule has 2 N–H and O–H groups in total. The molecule has 1 aliphatic carbocycles. The Hall–Kier alpha value is -1.84. The molecule has 1 aliphatic heterocycles. The molecule has 2 aromatic carbocycles. The molecular formula is C19H21ClN2O. The Labute approximate surface area is 142 Å². The van der Waals surface area contributed by atoms with Crippen LogP contribution in [0.15, 0.2) is 48.5 Å². The predicted octanol–water partition coefficient (Wildman–Crippen LogP) is 2.58. The molecule has 1 atom stereocenters. The van der Waals surface area contributed by atoms with E-state index in [9.17, 15) is 4.79 Å². The SMILES string of the molecule is Cl.O=C(NC1Cc2ccccc2C1)C1CNCc2ccccc21. The highest BCUT2D eigenvalue weighted by atomic mass is 35.5. The van der Waals surface area contributed by atoms with E-state index in [1.54, 1.807) is 0 Å². The van der Waals surface area contributed by atoms with Gasteiger partial charge in [-0.2, -0.15) is 0 Å². The number of carbonyl (C=O) groups is 1. The zero-order valence-corrected chi connectivity index (χ0v) is 13.7. The van der Waals surface area contributed by atoms with Crippen LogP contribution in [0.5, 0.6) is 0 Å².